The van der Waals surface area contributed by atoms with Crippen molar-refractivity contribution in [2.75, 3.05) is 12.4 Å². The van der Waals surface area contributed by atoms with Crippen LogP contribution in [0, 0.1) is 10.1 Å². The largest absolute Gasteiger partial charge is 0.495 e. The average Bonchev–Trinajstić information content (AvgIpc) is 3.16. The summed E-state index contributed by atoms with van der Waals surface area (Å²) in [6.45, 7) is 0.563. The molecule has 2 aromatic carbocycles. The third-order valence-corrected chi connectivity index (χ3v) is 4.56. The molecule has 150 valence electrons. The van der Waals surface area contributed by atoms with E-state index in [4.69, 9.17) is 4.74 Å². The van der Waals surface area contributed by atoms with Gasteiger partial charge >= 0.3 is 0 Å². The molecule has 30 heavy (non-hydrogen) atoms. The fraction of sp³-hybridized carbons (Fsp3) is 0.0952. The van der Waals surface area contributed by atoms with Crippen molar-refractivity contribution in [1.82, 2.24) is 14.8 Å². The molecular weight excluding hydrogens is 386 g/mol. The van der Waals surface area contributed by atoms with Crippen LogP contribution in [0.15, 0.2) is 67.0 Å². The van der Waals surface area contributed by atoms with Gasteiger partial charge in [0.2, 0.25) is 0 Å². The second-order valence-electron chi connectivity index (χ2n) is 6.52. The first-order chi connectivity index (χ1) is 14.5. The number of hydrogen-bond acceptors (Lipinski definition) is 6. The maximum Gasteiger partial charge on any atom is 0.271 e. The minimum Gasteiger partial charge on any atom is -0.495 e. The van der Waals surface area contributed by atoms with Crippen LogP contribution in [-0.4, -0.2) is 32.7 Å². The molecule has 0 atom stereocenters. The third kappa shape index (κ3) is 3.81. The topological polar surface area (TPSA) is 112 Å². The molecule has 4 rings (SSSR count). The van der Waals surface area contributed by atoms with Gasteiger partial charge in [-0.3, -0.25) is 14.9 Å². The van der Waals surface area contributed by atoms with Crippen LogP contribution in [0.5, 0.6) is 5.75 Å². The Morgan fingerprint density at radius 2 is 1.97 bits per heavy atom. The van der Waals surface area contributed by atoms with E-state index in [9.17, 15) is 14.9 Å². The number of carbonyl (C=O) groups is 1. The molecule has 0 saturated carbocycles. The summed E-state index contributed by atoms with van der Waals surface area (Å²) in [5.74, 6) is -0.141. The zero-order chi connectivity index (χ0) is 21.1. The molecule has 1 N–H and O–H groups in total. The van der Waals surface area contributed by atoms with Crippen molar-refractivity contribution in [3.05, 3.63) is 88.2 Å². The molecule has 0 bridgehead atoms. The third-order valence-electron chi connectivity index (χ3n) is 4.56. The van der Waals surface area contributed by atoms with Crippen molar-refractivity contribution in [1.29, 1.82) is 0 Å². The maximum atomic E-state index is 12.7. The molecule has 0 unspecified atom stereocenters. The van der Waals surface area contributed by atoms with Crippen LogP contribution in [0.25, 0.3) is 11.0 Å². The molecule has 0 fully saturated rings. The number of nitrogens with zero attached hydrogens (tertiary/aromatic N) is 4. The number of amides is 1. The standard InChI is InChI=1S/C21H17N5O4/c1-30-19-8-7-17(26(28)29)10-18(19)24-21(27)16-9-15-12-23-25(20(15)22-11-16)13-14-5-3-2-4-6-14/h2-12H,13H2,1H3,(H,24,27). The van der Waals surface area contributed by atoms with Gasteiger partial charge in [0.25, 0.3) is 11.6 Å². The fourth-order valence-corrected chi connectivity index (χ4v) is 3.07. The number of ether oxygens (including phenoxy) is 1. The minimum absolute atomic E-state index is 0.151. The van der Waals surface area contributed by atoms with E-state index in [0.717, 1.165) is 5.56 Å². The van der Waals surface area contributed by atoms with Gasteiger partial charge in [-0.05, 0) is 17.7 Å². The van der Waals surface area contributed by atoms with Gasteiger partial charge in [0, 0.05) is 23.7 Å². The highest BCUT2D eigenvalue weighted by atomic mass is 16.6. The van der Waals surface area contributed by atoms with E-state index in [1.165, 1.54) is 31.5 Å². The van der Waals surface area contributed by atoms with E-state index >= 15 is 0 Å². The van der Waals surface area contributed by atoms with Crippen LogP contribution in [0.4, 0.5) is 11.4 Å². The average molecular weight is 403 g/mol. The first-order valence-corrected chi connectivity index (χ1v) is 9.04. The van der Waals surface area contributed by atoms with Gasteiger partial charge in [-0.2, -0.15) is 5.10 Å². The highest BCUT2D eigenvalue weighted by Crippen LogP contribution is 2.29. The number of fused-ring (bicyclic) bond motifs is 1. The van der Waals surface area contributed by atoms with Crippen LogP contribution >= 0.6 is 0 Å². The number of nitrogens with one attached hydrogen (secondary N) is 1. The van der Waals surface area contributed by atoms with Gasteiger partial charge in [0.1, 0.15) is 5.75 Å². The number of nitro groups is 1. The molecule has 9 heteroatoms. The monoisotopic (exact) mass is 403 g/mol. The smallest absolute Gasteiger partial charge is 0.271 e. The predicted octanol–water partition coefficient (Wildman–Crippen LogP) is 3.65. The van der Waals surface area contributed by atoms with Crippen molar-refractivity contribution in [2.45, 2.75) is 6.54 Å². The van der Waals surface area contributed by atoms with Gasteiger partial charge in [-0.15, -0.1) is 0 Å². The molecule has 0 aliphatic rings. The normalized spacial score (nSPS) is 10.7. The van der Waals surface area contributed by atoms with E-state index in [2.05, 4.69) is 15.4 Å². The summed E-state index contributed by atoms with van der Waals surface area (Å²) in [6, 6.07) is 15.5. The minimum atomic E-state index is -0.538. The summed E-state index contributed by atoms with van der Waals surface area (Å²) in [5, 5.41) is 18.7. The number of non-ortho nitro benzene ring substituents is 1. The molecule has 0 aliphatic carbocycles. The number of nitro benzene ring substituents is 1. The van der Waals surface area contributed by atoms with Gasteiger partial charge in [-0.25, -0.2) is 9.67 Å². The Kier molecular flexibility index (Phi) is 5.08. The van der Waals surface area contributed by atoms with Gasteiger partial charge in [-0.1, -0.05) is 30.3 Å². The molecule has 0 radical (unpaired) electrons. The Bertz CT molecular complexity index is 1240. The predicted molar refractivity (Wildman–Crippen MR) is 111 cm³/mol. The Balaban J connectivity index is 1.59. The van der Waals surface area contributed by atoms with Crippen LogP contribution in [0.3, 0.4) is 0 Å². The number of benzene rings is 2. The zero-order valence-electron chi connectivity index (χ0n) is 16.0. The molecule has 0 aliphatic heterocycles. The van der Waals surface area contributed by atoms with E-state index in [1.807, 2.05) is 30.3 Å². The molecular formula is C21H17N5O4. The van der Waals surface area contributed by atoms with Gasteiger partial charge < -0.3 is 10.1 Å². The highest BCUT2D eigenvalue weighted by molar-refractivity contribution is 6.06. The second kappa shape index (κ2) is 8.00. The van der Waals surface area contributed by atoms with E-state index in [1.54, 1.807) is 16.9 Å². The van der Waals surface area contributed by atoms with E-state index < -0.39 is 10.8 Å². The number of anilines is 1. The van der Waals surface area contributed by atoms with Crippen molar-refractivity contribution < 1.29 is 14.5 Å². The van der Waals surface area contributed by atoms with Crippen molar-refractivity contribution in [3.63, 3.8) is 0 Å². The number of carbonyl (C=O) groups excluding carboxylic acids is 1. The van der Waals surface area contributed by atoms with Crippen LogP contribution < -0.4 is 10.1 Å². The molecule has 9 nitrogen and oxygen atoms in total. The molecule has 1 amide bonds. The summed E-state index contributed by atoms with van der Waals surface area (Å²) in [4.78, 5) is 27.6. The van der Waals surface area contributed by atoms with Gasteiger partial charge in [0.05, 0.1) is 36.0 Å². The van der Waals surface area contributed by atoms with Crippen LogP contribution in [0.1, 0.15) is 15.9 Å². The summed E-state index contributed by atoms with van der Waals surface area (Å²) >= 11 is 0. The van der Waals surface area contributed by atoms with Crippen molar-refractivity contribution in [2.24, 2.45) is 0 Å². The summed E-state index contributed by atoms with van der Waals surface area (Å²) in [5.41, 5.74) is 2.10. The van der Waals surface area contributed by atoms with E-state index in [-0.39, 0.29) is 11.4 Å². The lowest BCUT2D eigenvalue weighted by atomic mass is 10.2. The molecule has 2 heterocycles. The highest BCUT2D eigenvalue weighted by Gasteiger charge is 2.16. The maximum absolute atomic E-state index is 12.7. The molecule has 4 aromatic rings. The van der Waals surface area contributed by atoms with E-state index in [0.29, 0.717) is 28.9 Å². The Labute approximate surface area is 171 Å². The summed E-state index contributed by atoms with van der Waals surface area (Å²) < 4.78 is 6.94. The van der Waals surface area contributed by atoms with Gasteiger partial charge in [0.15, 0.2) is 5.65 Å². The van der Waals surface area contributed by atoms with Crippen molar-refractivity contribution in [3.8, 4) is 5.75 Å². The Morgan fingerprint density at radius 1 is 1.17 bits per heavy atom. The Morgan fingerprint density at radius 3 is 2.70 bits per heavy atom. The lowest BCUT2D eigenvalue weighted by Gasteiger charge is -2.10. The lowest BCUT2D eigenvalue weighted by Crippen LogP contribution is -2.13. The second-order valence-corrected chi connectivity index (χ2v) is 6.52. The lowest BCUT2D eigenvalue weighted by molar-refractivity contribution is -0.384. The van der Waals surface area contributed by atoms with Crippen LogP contribution in [0.2, 0.25) is 0 Å². The molecule has 2 aromatic heterocycles. The number of pyridine rings is 1. The summed E-state index contributed by atoms with van der Waals surface area (Å²) in [6.07, 6.45) is 3.10. The number of hydrogen-bond donors (Lipinski definition) is 1. The molecule has 0 spiro atoms. The van der Waals surface area contributed by atoms with Crippen molar-refractivity contribution >= 4 is 28.3 Å². The number of rotatable bonds is 6. The quantitative estimate of drug-likeness (QED) is 0.388. The Hall–Kier alpha value is -4.27. The SMILES string of the molecule is COc1ccc([N+](=O)[O-])cc1NC(=O)c1cnc2c(cnn2Cc2ccccc2)c1. The number of aromatic nitrogens is 3. The van der Waals surface area contributed by atoms with Crippen LogP contribution in [-0.2, 0) is 6.54 Å². The summed E-state index contributed by atoms with van der Waals surface area (Å²) in [7, 11) is 1.42. The zero-order valence-corrected chi connectivity index (χ0v) is 16.0. The fourth-order valence-electron chi connectivity index (χ4n) is 3.07. The molecule has 0 saturated heterocycles. The first kappa shape index (κ1) is 19.1. The number of methoxy groups -OCH3 is 1. The first-order valence-electron chi connectivity index (χ1n) is 9.04.